The lowest BCUT2D eigenvalue weighted by molar-refractivity contribution is -0.146. The molecule has 0 aromatic carbocycles. The number of aliphatic hydroxyl groups excluding tert-OH is 1. The number of rotatable bonds is 4. The zero-order valence-corrected chi connectivity index (χ0v) is 11.7. The van der Waals surface area contributed by atoms with Crippen LogP contribution in [0.1, 0.15) is 20.3 Å². The van der Waals surface area contributed by atoms with Gasteiger partial charge < -0.3 is 20.4 Å². The molecule has 0 aliphatic carbocycles. The van der Waals surface area contributed by atoms with Gasteiger partial charge in [-0.2, -0.15) is 0 Å². The predicted molar refractivity (Wildman–Crippen MR) is 69.9 cm³/mol. The predicted octanol–water partition coefficient (Wildman–Crippen LogP) is -0.444. The first-order valence-electron chi connectivity index (χ1n) is 6.48. The molecule has 0 spiro atoms. The van der Waals surface area contributed by atoms with Gasteiger partial charge in [-0.3, -0.25) is 4.90 Å². The molecule has 0 saturated carbocycles. The lowest BCUT2D eigenvalue weighted by Crippen LogP contribution is -2.58. The summed E-state index contributed by atoms with van der Waals surface area (Å²) in [5.41, 5.74) is 0. The highest BCUT2D eigenvalue weighted by Gasteiger charge is 2.29. The summed E-state index contributed by atoms with van der Waals surface area (Å²) in [5, 5.41) is 20.3. The van der Waals surface area contributed by atoms with Gasteiger partial charge in [-0.25, -0.2) is 9.59 Å². The Morgan fingerprint density at radius 2 is 1.84 bits per heavy atom. The quantitative estimate of drug-likeness (QED) is 0.645. The molecule has 1 aliphatic heterocycles. The van der Waals surface area contributed by atoms with Gasteiger partial charge in [0.15, 0.2) is 6.10 Å². The van der Waals surface area contributed by atoms with Gasteiger partial charge in [-0.1, -0.05) is 0 Å². The molecule has 0 radical (unpaired) electrons. The van der Waals surface area contributed by atoms with E-state index in [-0.39, 0.29) is 19.0 Å². The van der Waals surface area contributed by atoms with Crippen LogP contribution in [-0.2, 0) is 4.79 Å². The number of urea groups is 1. The van der Waals surface area contributed by atoms with Crippen molar-refractivity contribution in [3.63, 3.8) is 0 Å². The van der Waals surface area contributed by atoms with Crippen LogP contribution in [0.25, 0.3) is 0 Å². The van der Waals surface area contributed by atoms with Crippen LogP contribution < -0.4 is 5.32 Å². The monoisotopic (exact) mass is 273 g/mol. The van der Waals surface area contributed by atoms with Crippen LogP contribution in [0.4, 0.5) is 4.79 Å². The standard InChI is InChI=1S/C12H23N3O4/c1-8-6-15(7-9(2)14(8)3)12(19)13-5-4-10(16)11(17)18/h8-10,16H,4-7H2,1-3H3,(H,13,19)(H,17,18)/t8?,9?,10-/m0/s1. The molecule has 3 N–H and O–H groups in total. The van der Waals surface area contributed by atoms with E-state index in [9.17, 15) is 9.59 Å². The number of piperazine rings is 1. The second-order valence-corrected chi connectivity index (χ2v) is 5.14. The Labute approximate surface area is 113 Å². The zero-order chi connectivity index (χ0) is 14.6. The van der Waals surface area contributed by atoms with Crippen molar-refractivity contribution in [3.8, 4) is 0 Å². The number of aliphatic hydroxyl groups is 1. The Kier molecular flexibility index (Phi) is 5.56. The molecular formula is C12H23N3O4. The van der Waals surface area contributed by atoms with Crippen LogP contribution in [0.3, 0.4) is 0 Å². The molecular weight excluding hydrogens is 250 g/mol. The molecule has 0 aromatic rings. The fraction of sp³-hybridized carbons (Fsp3) is 0.833. The van der Waals surface area contributed by atoms with Gasteiger partial charge >= 0.3 is 12.0 Å². The van der Waals surface area contributed by atoms with E-state index in [0.29, 0.717) is 25.2 Å². The summed E-state index contributed by atoms with van der Waals surface area (Å²) in [5.74, 6) is -1.27. The van der Waals surface area contributed by atoms with Gasteiger partial charge in [-0.15, -0.1) is 0 Å². The summed E-state index contributed by atoms with van der Waals surface area (Å²) in [6, 6.07) is 0.377. The molecule has 19 heavy (non-hydrogen) atoms. The average Bonchev–Trinajstić information content (AvgIpc) is 2.34. The minimum atomic E-state index is -1.43. The Morgan fingerprint density at radius 3 is 2.32 bits per heavy atom. The van der Waals surface area contributed by atoms with Gasteiger partial charge in [0.05, 0.1) is 0 Å². The highest BCUT2D eigenvalue weighted by atomic mass is 16.4. The Morgan fingerprint density at radius 1 is 1.32 bits per heavy atom. The number of hydrogen-bond acceptors (Lipinski definition) is 4. The summed E-state index contributed by atoms with van der Waals surface area (Å²) < 4.78 is 0. The van der Waals surface area contributed by atoms with E-state index in [2.05, 4.69) is 24.1 Å². The van der Waals surface area contributed by atoms with Gasteiger partial charge in [0.25, 0.3) is 0 Å². The number of likely N-dealkylation sites (N-methyl/N-ethyl adjacent to an activating group) is 1. The van der Waals surface area contributed by atoms with E-state index >= 15 is 0 Å². The van der Waals surface area contributed by atoms with Crippen molar-refractivity contribution in [2.75, 3.05) is 26.7 Å². The summed E-state index contributed by atoms with van der Waals surface area (Å²) in [7, 11) is 2.04. The molecule has 110 valence electrons. The number of carbonyl (C=O) groups is 2. The minimum Gasteiger partial charge on any atom is -0.479 e. The van der Waals surface area contributed by atoms with E-state index in [1.165, 1.54) is 0 Å². The van der Waals surface area contributed by atoms with Gasteiger partial charge in [0, 0.05) is 38.1 Å². The van der Waals surface area contributed by atoms with Crippen LogP contribution in [0.2, 0.25) is 0 Å². The van der Waals surface area contributed by atoms with Crippen LogP contribution in [0.5, 0.6) is 0 Å². The fourth-order valence-electron chi connectivity index (χ4n) is 2.12. The van der Waals surface area contributed by atoms with Crippen molar-refractivity contribution in [3.05, 3.63) is 0 Å². The van der Waals surface area contributed by atoms with Crippen molar-refractivity contribution in [2.45, 2.75) is 38.5 Å². The molecule has 0 bridgehead atoms. The molecule has 1 aliphatic rings. The number of carboxylic acids is 1. The van der Waals surface area contributed by atoms with Crippen molar-refractivity contribution >= 4 is 12.0 Å². The highest BCUT2D eigenvalue weighted by molar-refractivity contribution is 5.75. The second-order valence-electron chi connectivity index (χ2n) is 5.14. The maximum absolute atomic E-state index is 11.9. The van der Waals surface area contributed by atoms with Crippen molar-refractivity contribution in [1.29, 1.82) is 0 Å². The Bertz CT molecular complexity index is 325. The Hall–Kier alpha value is -1.34. The first-order chi connectivity index (χ1) is 8.82. The van der Waals surface area contributed by atoms with Gasteiger partial charge in [0.1, 0.15) is 0 Å². The first kappa shape index (κ1) is 15.7. The van der Waals surface area contributed by atoms with Crippen molar-refractivity contribution in [1.82, 2.24) is 15.1 Å². The highest BCUT2D eigenvalue weighted by Crippen LogP contribution is 2.13. The van der Waals surface area contributed by atoms with Gasteiger partial charge in [0.2, 0.25) is 0 Å². The molecule has 7 heteroatoms. The Balaban J connectivity index is 2.36. The molecule has 7 nitrogen and oxygen atoms in total. The summed E-state index contributed by atoms with van der Waals surface area (Å²) in [6.07, 6.45) is -1.41. The maximum atomic E-state index is 11.9. The number of nitrogens with one attached hydrogen (secondary N) is 1. The van der Waals surface area contributed by atoms with E-state index in [4.69, 9.17) is 10.2 Å². The first-order valence-corrected chi connectivity index (χ1v) is 6.48. The molecule has 0 aromatic heterocycles. The van der Waals surface area contributed by atoms with Crippen LogP contribution in [-0.4, -0.2) is 76.9 Å². The van der Waals surface area contributed by atoms with Crippen molar-refractivity contribution < 1.29 is 19.8 Å². The molecule has 2 unspecified atom stereocenters. The van der Waals surface area contributed by atoms with Crippen LogP contribution in [0.15, 0.2) is 0 Å². The second kappa shape index (κ2) is 6.72. The summed E-state index contributed by atoms with van der Waals surface area (Å²) in [4.78, 5) is 26.3. The summed E-state index contributed by atoms with van der Waals surface area (Å²) >= 11 is 0. The number of carbonyl (C=O) groups excluding carboxylic acids is 1. The molecule has 1 heterocycles. The molecule has 3 atom stereocenters. The smallest absolute Gasteiger partial charge is 0.332 e. The molecule has 1 rings (SSSR count). The van der Waals surface area contributed by atoms with E-state index < -0.39 is 12.1 Å². The number of carboxylic acid groups (broad SMARTS) is 1. The molecule has 2 amide bonds. The van der Waals surface area contributed by atoms with Crippen LogP contribution >= 0.6 is 0 Å². The van der Waals surface area contributed by atoms with Crippen LogP contribution in [0, 0.1) is 0 Å². The fourth-order valence-corrected chi connectivity index (χ4v) is 2.12. The van der Waals surface area contributed by atoms with Gasteiger partial charge in [-0.05, 0) is 20.9 Å². The minimum absolute atomic E-state index is 0.0138. The normalized spacial score (nSPS) is 26.0. The summed E-state index contributed by atoms with van der Waals surface area (Å²) in [6.45, 7) is 5.57. The number of amides is 2. The zero-order valence-electron chi connectivity index (χ0n) is 11.7. The number of nitrogens with zero attached hydrogens (tertiary/aromatic N) is 2. The van der Waals surface area contributed by atoms with Crippen molar-refractivity contribution in [2.24, 2.45) is 0 Å². The lowest BCUT2D eigenvalue weighted by Gasteiger charge is -2.42. The third kappa shape index (κ3) is 4.36. The number of hydrogen-bond donors (Lipinski definition) is 3. The number of aliphatic carboxylic acids is 1. The third-order valence-corrected chi connectivity index (χ3v) is 3.63. The largest absolute Gasteiger partial charge is 0.479 e. The molecule has 1 saturated heterocycles. The van der Waals surface area contributed by atoms with E-state index in [1.807, 2.05) is 7.05 Å². The molecule has 1 fully saturated rings. The lowest BCUT2D eigenvalue weighted by atomic mass is 10.1. The third-order valence-electron chi connectivity index (χ3n) is 3.63. The van der Waals surface area contributed by atoms with E-state index in [0.717, 1.165) is 0 Å². The average molecular weight is 273 g/mol. The maximum Gasteiger partial charge on any atom is 0.332 e. The topological polar surface area (TPSA) is 93.1 Å². The SMILES string of the molecule is CC1CN(C(=O)NCC[C@H](O)C(=O)O)CC(C)N1C. The van der Waals surface area contributed by atoms with E-state index in [1.54, 1.807) is 4.90 Å².